The number of amides is 1. The zero-order valence-electron chi connectivity index (χ0n) is 15.1. The van der Waals surface area contributed by atoms with Crippen LogP contribution in [-0.4, -0.2) is 55.2 Å². The number of aromatic nitrogens is 1. The highest BCUT2D eigenvalue weighted by Crippen LogP contribution is 2.33. The standard InChI is InChI=1S/C18H16BrF2N3O2S2.ClH/c19-15-2-1-13(27-15)17(25)24(4-3-23-5-7-26-8-6-23)18-22-16-12(21)9-11(20)10-14(16)28-18;/h1-2,9-10H,3-8H2;1H. The van der Waals surface area contributed by atoms with Gasteiger partial charge in [0.2, 0.25) is 0 Å². The first kappa shape index (κ1) is 22.5. The topological polar surface area (TPSA) is 45.7 Å². The van der Waals surface area contributed by atoms with E-state index < -0.39 is 11.6 Å². The number of carbonyl (C=O) groups excluding carboxylic acids is 1. The van der Waals surface area contributed by atoms with Crippen LogP contribution < -0.4 is 4.90 Å². The number of carbonyl (C=O) groups is 1. The maximum absolute atomic E-state index is 14.1. The second-order valence-corrected chi connectivity index (χ2v) is 9.72. The number of thiophene rings is 1. The SMILES string of the molecule is Cl.O=C(c1ccc(Br)s1)N(CCN1CCOCC1)c1nc2c(F)cc(F)cc2s1. The molecule has 1 saturated heterocycles. The average molecular weight is 525 g/mol. The third kappa shape index (κ3) is 5.12. The molecule has 0 aliphatic carbocycles. The Morgan fingerprint density at radius 1 is 1.24 bits per heavy atom. The number of nitrogens with zero attached hydrogens (tertiary/aromatic N) is 3. The maximum Gasteiger partial charge on any atom is 0.270 e. The Balaban J connectivity index is 0.00000240. The fourth-order valence-electron chi connectivity index (χ4n) is 2.97. The van der Waals surface area contributed by atoms with Crippen molar-refractivity contribution in [2.75, 3.05) is 44.3 Å². The van der Waals surface area contributed by atoms with Gasteiger partial charge in [0, 0.05) is 32.2 Å². The minimum absolute atomic E-state index is 0. The fraction of sp³-hybridized carbons (Fsp3) is 0.333. The van der Waals surface area contributed by atoms with Gasteiger partial charge in [0.1, 0.15) is 11.3 Å². The minimum Gasteiger partial charge on any atom is -0.379 e. The highest BCUT2D eigenvalue weighted by atomic mass is 79.9. The van der Waals surface area contributed by atoms with Crippen LogP contribution in [0.4, 0.5) is 13.9 Å². The first-order valence-electron chi connectivity index (χ1n) is 8.64. The van der Waals surface area contributed by atoms with Crippen LogP contribution in [0, 0.1) is 11.6 Å². The monoisotopic (exact) mass is 523 g/mol. The Labute approximate surface area is 188 Å². The molecule has 0 bridgehead atoms. The molecule has 1 aliphatic rings. The molecule has 0 saturated carbocycles. The Hall–Kier alpha value is -1.17. The molecule has 1 aromatic carbocycles. The van der Waals surface area contributed by atoms with Gasteiger partial charge in [-0.25, -0.2) is 13.8 Å². The molecule has 29 heavy (non-hydrogen) atoms. The molecular weight excluding hydrogens is 508 g/mol. The van der Waals surface area contributed by atoms with Crippen molar-refractivity contribution in [2.24, 2.45) is 0 Å². The Bertz CT molecular complexity index is 1010. The van der Waals surface area contributed by atoms with Crippen molar-refractivity contribution < 1.29 is 18.3 Å². The zero-order chi connectivity index (χ0) is 19.7. The van der Waals surface area contributed by atoms with Gasteiger partial charge in [-0.15, -0.1) is 23.7 Å². The summed E-state index contributed by atoms with van der Waals surface area (Å²) in [5.41, 5.74) is 0.0814. The van der Waals surface area contributed by atoms with Crippen molar-refractivity contribution in [3.63, 3.8) is 0 Å². The molecule has 3 heterocycles. The molecule has 11 heteroatoms. The maximum atomic E-state index is 14.1. The van der Waals surface area contributed by atoms with E-state index in [1.807, 2.05) is 6.07 Å². The molecule has 1 amide bonds. The van der Waals surface area contributed by atoms with Crippen LogP contribution in [0.1, 0.15) is 9.67 Å². The molecular formula is C18H17BrClF2N3O2S2. The molecule has 0 atom stereocenters. The predicted molar refractivity (Wildman–Crippen MR) is 118 cm³/mol. The van der Waals surface area contributed by atoms with Gasteiger partial charge in [0.25, 0.3) is 5.91 Å². The Kier molecular flexibility index (Phi) is 7.58. The minimum atomic E-state index is -0.725. The van der Waals surface area contributed by atoms with Crippen molar-refractivity contribution in [3.8, 4) is 0 Å². The fourth-order valence-corrected chi connectivity index (χ4v) is 5.34. The van der Waals surface area contributed by atoms with Crippen molar-refractivity contribution in [3.05, 3.63) is 44.6 Å². The van der Waals surface area contributed by atoms with Gasteiger partial charge in [-0.05, 0) is 34.1 Å². The summed E-state index contributed by atoms with van der Waals surface area (Å²) in [6.45, 7) is 3.97. The summed E-state index contributed by atoms with van der Waals surface area (Å²) >= 11 is 5.82. The van der Waals surface area contributed by atoms with Gasteiger partial charge in [-0.2, -0.15) is 0 Å². The van der Waals surface area contributed by atoms with Crippen molar-refractivity contribution in [1.82, 2.24) is 9.88 Å². The Morgan fingerprint density at radius 2 is 2.00 bits per heavy atom. The molecule has 0 spiro atoms. The predicted octanol–water partition coefficient (Wildman–Crippen LogP) is 4.80. The van der Waals surface area contributed by atoms with E-state index in [1.165, 1.54) is 17.4 Å². The van der Waals surface area contributed by atoms with E-state index in [9.17, 15) is 13.6 Å². The third-order valence-corrected chi connectivity index (χ3v) is 7.04. The molecule has 1 fully saturated rings. The van der Waals surface area contributed by atoms with E-state index >= 15 is 0 Å². The van der Waals surface area contributed by atoms with Crippen LogP contribution in [0.15, 0.2) is 28.1 Å². The average Bonchev–Trinajstić information content (AvgIpc) is 3.29. The lowest BCUT2D eigenvalue weighted by Gasteiger charge is -2.29. The van der Waals surface area contributed by atoms with E-state index in [0.717, 1.165) is 34.3 Å². The summed E-state index contributed by atoms with van der Waals surface area (Å²) < 4.78 is 34.3. The van der Waals surface area contributed by atoms with Crippen molar-refractivity contribution in [1.29, 1.82) is 0 Å². The van der Waals surface area contributed by atoms with Gasteiger partial charge >= 0.3 is 0 Å². The summed E-state index contributed by atoms with van der Waals surface area (Å²) in [6.07, 6.45) is 0. The van der Waals surface area contributed by atoms with E-state index in [2.05, 4.69) is 25.8 Å². The summed E-state index contributed by atoms with van der Waals surface area (Å²) in [6, 6.07) is 5.60. The number of hydrogen-bond donors (Lipinski definition) is 0. The molecule has 1 aliphatic heterocycles. The van der Waals surface area contributed by atoms with E-state index in [-0.39, 0.29) is 23.8 Å². The number of anilines is 1. The van der Waals surface area contributed by atoms with Gasteiger partial charge in [-0.1, -0.05) is 11.3 Å². The van der Waals surface area contributed by atoms with Crippen molar-refractivity contribution in [2.45, 2.75) is 0 Å². The molecule has 3 aromatic rings. The molecule has 4 rings (SSSR count). The number of benzene rings is 1. The van der Waals surface area contributed by atoms with Crippen LogP contribution >= 0.6 is 51.0 Å². The summed E-state index contributed by atoms with van der Waals surface area (Å²) in [5, 5.41) is 0.363. The number of fused-ring (bicyclic) bond motifs is 1. The van der Waals surface area contributed by atoms with Crippen LogP contribution in [0.25, 0.3) is 10.2 Å². The smallest absolute Gasteiger partial charge is 0.270 e. The molecule has 156 valence electrons. The van der Waals surface area contributed by atoms with E-state index in [4.69, 9.17) is 4.74 Å². The lowest BCUT2D eigenvalue weighted by Crippen LogP contribution is -2.43. The number of rotatable bonds is 5. The number of thiazole rings is 1. The summed E-state index contributed by atoms with van der Waals surface area (Å²) in [7, 11) is 0. The lowest BCUT2D eigenvalue weighted by atomic mass is 10.3. The highest BCUT2D eigenvalue weighted by molar-refractivity contribution is 9.11. The molecule has 0 unspecified atom stereocenters. The van der Waals surface area contributed by atoms with Gasteiger partial charge in [0.15, 0.2) is 10.9 Å². The summed E-state index contributed by atoms with van der Waals surface area (Å²) in [4.78, 5) is 21.8. The van der Waals surface area contributed by atoms with Gasteiger partial charge in [-0.3, -0.25) is 14.6 Å². The van der Waals surface area contributed by atoms with E-state index in [0.29, 0.717) is 41.0 Å². The van der Waals surface area contributed by atoms with Crippen LogP contribution in [0.2, 0.25) is 0 Å². The van der Waals surface area contributed by atoms with Crippen LogP contribution in [0.3, 0.4) is 0 Å². The molecule has 2 aromatic heterocycles. The number of ether oxygens (including phenoxy) is 1. The highest BCUT2D eigenvalue weighted by Gasteiger charge is 2.24. The van der Waals surface area contributed by atoms with Gasteiger partial charge < -0.3 is 4.74 Å². The first-order valence-corrected chi connectivity index (χ1v) is 11.1. The quantitative estimate of drug-likeness (QED) is 0.481. The van der Waals surface area contributed by atoms with E-state index in [1.54, 1.807) is 11.0 Å². The number of halogens is 4. The first-order chi connectivity index (χ1) is 13.5. The Morgan fingerprint density at radius 3 is 2.69 bits per heavy atom. The lowest BCUT2D eigenvalue weighted by molar-refractivity contribution is 0.0391. The zero-order valence-corrected chi connectivity index (χ0v) is 19.1. The second-order valence-electron chi connectivity index (χ2n) is 6.25. The number of morpholine rings is 1. The third-order valence-electron chi connectivity index (χ3n) is 4.41. The second kappa shape index (κ2) is 9.76. The number of hydrogen-bond acceptors (Lipinski definition) is 6. The van der Waals surface area contributed by atoms with Crippen molar-refractivity contribution >= 4 is 72.3 Å². The summed E-state index contributed by atoms with van der Waals surface area (Å²) in [5.74, 6) is -1.59. The van der Waals surface area contributed by atoms with Crippen LogP contribution in [-0.2, 0) is 4.74 Å². The molecule has 5 nitrogen and oxygen atoms in total. The van der Waals surface area contributed by atoms with Crippen LogP contribution in [0.5, 0.6) is 0 Å². The largest absolute Gasteiger partial charge is 0.379 e. The van der Waals surface area contributed by atoms with Gasteiger partial charge in [0.05, 0.1) is 26.6 Å². The normalized spacial score (nSPS) is 14.7. The molecule has 0 radical (unpaired) electrons. The molecule has 0 N–H and O–H groups in total.